The van der Waals surface area contributed by atoms with Gasteiger partial charge in [-0.25, -0.2) is 9.37 Å². The number of nitrogens with zero attached hydrogens (tertiary/aromatic N) is 2. The summed E-state index contributed by atoms with van der Waals surface area (Å²) in [6.07, 6.45) is 3.43. The van der Waals surface area contributed by atoms with Crippen molar-refractivity contribution < 1.29 is 9.50 Å². The number of hydrogen-bond acceptors (Lipinski definition) is 2. The van der Waals surface area contributed by atoms with E-state index in [0.717, 1.165) is 13.0 Å². The molecule has 5 heteroatoms. The van der Waals surface area contributed by atoms with E-state index >= 15 is 0 Å². The summed E-state index contributed by atoms with van der Waals surface area (Å²) >= 11 is 5.93. The molecular weight excluding hydrogens is 255 g/mol. The van der Waals surface area contributed by atoms with Gasteiger partial charge in [0.15, 0.2) is 0 Å². The van der Waals surface area contributed by atoms with Gasteiger partial charge in [-0.15, -0.1) is 0 Å². The van der Waals surface area contributed by atoms with Gasteiger partial charge in [0.25, 0.3) is 0 Å². The molecule has 1 heterocycles. The van der Waals surface area contributed by atoms with E-state index in [0.29, 0.717) is 11.4 Å². The standard InChI is InChI=1S/C13H14ClFN2O/c1-2-6-17-7-5-16-13(17)12(18)10-4-3-9(15)8-11(10)14/h3-5,7-8,12,18H,2,6H2,1H3. The molecule has 0 aliphatic carbocycles. The molecule has 3 nitrogen and oxygen atoms in total. The monoisotopic (exact) mass is 268 g/mol. The van der Waals surface area contributed by atoms with Gasteiger partial charge in [-0.3, -0.25) is 0 Å². The molecule has 0 saturated carbocycles. The van der Waals surface area contributed by atoms with Crippen LogP contribution in [0.4, 0.5) is 4.39 Å². The van der Waals surface area contributed by atoms with Crippen LogP contribution in [0.2, 0.25) is 5.02 Å². The highest BCUT2D eigenvalue weighted by atomic mass is 35.5. The van der Waals surface area contributed by atoms with Crippen LogP contribution in [0.5, 0.6) is 0 Å². The molecule has 1 aromatic heterocycles. The van der Waals surface area contributed by atoms with Crippen LogP contribution in [0.3, 0.4) is 0 Å². The fourth-order valence-electron chi connectivity index (χ4n) is 1.86. The molecule has 96 valence electrons. The molecule has 0 fully saturated rings. The van der Waals surface area contributed by atoms with E-state index in [1.165, 1.54) is 18.2 Å². The summed E-state index contributed by atoms with van der Waals surface area (Å²) in [5.74, 6) is 0.0956. The average Bonchev–Trinajstić information content (AvgIpc) is 2.77. The highest BCUT2D eigenvalue weighted by Crippen LogP contribution is 2.28. The smallest absolute Gasteiger partial charge is 0.142 e. The zero-order chi connectivity index (χ0) is 13.1. The van der Waals surface area contributed by atoms with Gasteiger partial charge in [0.1, 0.15) is 17.7 Å². The van der Waals surface area contributed by atoms with Crippen LogP contribution in [0.15, 0.2) is 30.6 Å². The van der Waals surface area contributed by atoms with Crippen molar-refractivity contribution >= 4 is 11.6 Å². The first-order valence-corrected chi connectivity index (χ1v) is 6.15. The average molecular weight is 269 g/mol. The first kappa shape index (κ1) is 13.1. The number of rotatable bonds is 4. The molecule has 0 aliphatic rings. The third kappa shape index (κ3) is 2.54. The van der Waals surface area contributed by atoms with Gasteiger partial charge >= 0.3 is 0 Å². The van der Waals surface area contributed by atoms with Gasteiger partial charge in [-0.05, 0) is 18.6 Å². The summed E-state index contributed by atoms with van der Waals surface area (Å²) in [4.78, 5) is 4.14. The molecule has 1 atom stereocenters. The van der Waals surface area contributed by atoms with E-state index < -0.39 is 11.9 Å². The van der Waals surface area contributed by atoms with Gasteiger partial charge in [0.05, 0.1) is 0 Å². The first-order chi connectivity index (χ1) is 8.63. The Morgan fingerprint density at radius 3 is 2.94 bits per heavy atom. The maximum absolute atomic E-state index is 13.0. The number of aliphatic hydroxyl groups excluding tert-OH is 1. The lowest BCUT2D eigenvalue weighted by atomic mass is 10.1. The van der Waals surface area contributed by atoms with Gasteiger partial charge < -0.3 is 9.67 Å². The first-order valence-electron chi connectivity index (χ1n) is 5.77. The van der Waals surface area contributed by atoms with Crippen molar-refractivity contribution in [2.24, 2.45) is 0 Å². The van der Waals surface area contributed by atoms with E-state index in [-0.39, 0.29) is 5.02 Å². The molecular formula is C13H14ClFN2O. The quantitative estimate of drug-likeness (QED) is 0.925. The van der Waals surface area contributed by atoms with Crippen LogP contribution in [-0.2, 0) is 6.54 Å². The maximum Gasteiger partial charge on any atom is 0.142 e. The fraction of sp³-hybridized carbons (Fsp3) is 0.308. The van der Waals surface area contributed by atoms with Gasteiger partial charge in [-0.1, -0.05) is 24.6 Å². The third-order valence-corrected chi connectivity index (χ3v) is 3.04. The predicted molar refractivity (Wildman–Crippen MR) is 68.0 cm³/mol. The number of halogens is 2. The summed E-state index contributed by atoms with van der Waals surface area (Å²) in [6, 6.07) is 3.94. The van der Waals surface area contributed by atoms with Crippen molar-refractivity contribution in [1.82, 2.24) is 9.55 Å². The Hall–Kier alpha value is -1.39. The van der Waals surface area contributed by atoms with E-state index in [9.17, 15) is 9.50 Å². The van der Waals surface area contributed by atoms with Crippen LogP contribution < -0.4 is 0 Å². The number of hydrogen-bond donors (Lipinski definition) is 1. The van der Waals surface area contributed by atoms with Crippen molar-refractivity contribution in [3.63, 3.8) is 0 Å². The zero-order valence-corrected chi connectivity index (χ0v) is 10.7. The fourth-order valence-corrected chi connectivity index (χ4v) is 2.13. The molecule has 1 aromatic carbocycles. The second kappa shape index (κ2) is 5.50. The van der Waals surface area contributed by atoms with Crippen LogP contribution >= 0.6 is 11.6 Å². The van der Waals surface area contributed by atoms with Crippen molar-refractivity contribution in [3.8, 4) is 0 Å². The molecule has 2 aromatic rings. The molecule has 0 aliphatic heterocycles. The Kier molecular flexibility index (Phi) is 3.99. The molecule has 0 bridgehead atoms. The molecule has 2 rings (SSSR count). The Morgan fingerprint density at radius 1 is 1.50 bits per heavy atom. The number of imidazole rings is 1. The van der Waals surface area contributed by atoms with Gasteiger partial charge in [-0.2, -0.15) is 0 Å². The van der Waals surface area contributed by atoms with Crippen LogP contribution in [0.1, 0.15) is 30.8 Å². The lowest BCUT2D eigenvalue weighted by Gasteiger charge is -2.14. The van der Waals surface area contributed by atoms with Gasteiger partial charge in [0, 0.05) is 29.5 Å². The number of aliphatic hydroxyl groups is 1. The normalized spacial score (nSPS) is 12.7. The SMILES string of the molecule is CCCn1ccnc1C(O)c1ccc(F)cc1Cl. The minimum Gasteiger partial charge on any atom is -0.380 e. The van der Waals surface area contributed by atoms with Crippen molar-refractivity contribution in [2.45, 2.75) is 26.0 Å². The second-order valence-electron chi connectivity index (χ2n) is 4.05. The van der Waals surface area contributed by atoms with Crippen LogP contribution in [-0.4, -0.2) is 14.7 Å². The number of benzene rings is 1. The summed E-state index contributed by atoms with van der Waals surface area (Å²) in [6.45, 7) is 2.81. The van der Waals surface area contributed by atoms with Crippen LogP contribution in [0.25, 0.3) is 0 Å². The zero-order valence-electron chi connectivity index (χ0n) is 9.98. The third-order valence-electron chi connectivity index (χ3n) is 2.71. The summed E-state index contributed by atoms with van der Waals surface area (Å²) in [5.41, 5.74) is 0.460. The molecule has 1 unspecified atom stereocenters. The Labute approximate surface area is 110 Å². The van der Waals surface area contributed by atoms with E-state index in [1.807, 2.05) is 11.5 Å². The summed E-state index contributed by atoms with van der Waals surface area (Å²) in [5, 5.41) is 10.5. The Morgan fingerprint density at radius 2 is 2.28 bits per heavy atom. The lowest BCUT2D eigenvalue weighted by molar-refractivity contribution is 0.204. The largest absolute Gasteiger partial charge is 0.380 e. The molecule has 18 heavy (non-hydrogen) atoms. The van der Waals surface area contributed by atoms with E-state index in [2.05, 4.69) is 4.98 Å². The van der Waals surface area contributed by atoms with Gasteiger partial charge in [0.2, 0.25) is 0 Å². The summed E-state index contributed by atoms with van der Waals surface area (Å²) in [7, 11) is 0. The predicted octanol–water partition coefficient (Wildman–Crippen LogP) is 3.17. The Balaban J connectivity index is 2.35. The highest BCUT2D eigenvalue weighted by Gasteiger charge is 2.18. The minimum absolute atomic E-state index is 0.202. The Bertz CT molecular complexity index is 542. The lowest BCUT2D eigenvalue weighted by Crippen LogP contribution is -2.10. The maximum atomic E-state index is 13.0. The number of aromatic nitrogens is 2. The molecule has 1 N–H and O–H groups in total. The van der Waals surface area contributed by atoms with E-state index in [1.54, 1.807) is 12.4 Å². The molecule has 0 amide bonds. The minimum atomic E-state index is -0.945. The van der Waals surface area contributed by atoms with Crippen molar-refractivity contribution in [3.05, 3.63) is 52.8 Å². The number of aryl methyl sites for hydroxylation is 1. The molecule has 0 saturated heterocycles. The summed E-state index contributed by atoms with van der Waals surface area (Å²) < 4.78 is 14.8. The highest BCUT2D eigenvalue weighted by molar-refractivity contribution is 6.31. The van der Waals surface area contributed by atoms with E-state index in [4.69, 9.17) is 11.6 Å². The van der Waals surface area contributed by atoms with Crippen molar-refractivity contribution in [2.75, 3.05) is 0 Å². The van der Waals surface area contributed by atoms with Crippen LogP contribution in [0, 0.1) is 5.82 Å². The molecule has 0 radical (unpaired) electrons. The van der Waals surface area contributed by atoms with Crippen molar-refractivity contribution in [1.29, 1.82) is 0 Å². The topological polar surface area (TPSA) is 38.0 Å². The second-order valence-corrected chi connectivity index (χ2v) is 4.45. The molecule has 0 spiro atoms.